The Kier molecular flexibility index (Phi) is 7.51. The van der Waals surface area contributed by atoms with Crippen molar-refractivity contribution in [2.45, 2.75) is 26.4 Å². The van der Waals surface area contributed by atoms with Crippen LogP contribution < -0.4 is 0 Å². The summed E-state index contributed by atoms with van der Waals surface area (Å²) < 4.78 is 9.80. The van der Waals surface area contributed by atoms with Crippen molar-refractivity contribution in [2.24, 2.45) is 0 Å². The van der Waals surface area contributed by atoms with Gasteiger partial charge in [-0.2, -0.15) is 0 Å². The van der Waals surface area contributed by atoms with Crippen LogP contribution in [0, 0.1) is 0 Å². The predicted octanol–water partition coefficient (Wildman–Crippen LogP) is 1.23. The number of methoxy groups -OCH3 is 1. The van der Waals surface area contributed by atoms with Gasteiger partial charge >= 0.3 is 5.97 Å². The first kappa shape index (κ1) is 13.4. The van der Waals surface area contributed by atoms with E-state index in [2.05, 4.69) is 4.74 Å². The quantitative estimate of drug-likeness (QED) is 0.630. The predicted molar refractivity (Wildman–Crippen MR) is 55.2 cm³/mol. The third-order valence-corrected chi connectivity index (χ3v) is 2.30. The van der Waals surface area contributed by atoms with E-state index in [4.69, 9.17) is 4.74 Å². The monoisotopic (exact) mass is 220 g/mol. The van der Waals surface area contributed by atoms with E-state index < -0.39 is 12.1 Å². The molecule has 0 bridgehead atoms. The maximum atomic E-state index is 11.2. The molecule has 1 atom stereocenters. The van der Waals surface area contributed by atoms with Crippen molar-refractivity contribution >= 4 is 22.8 Å². The highest BCUT2D eigenvalue weighted by atomic mass is 32.2. The molecule has 0 aromatic heterocycles. The van der Waals surface area contributed by atoms with Gasteiger partial charge in [0.2, 0.25) is 0 Å². The number of carbonyl (C=O) groups excluding carboxylic acids is 2. The highest BCUT2D eigenvalue weighted by Gasteiger charge is 2.20. The van der Waals surface area contributed by atoms with Crippen LogP contribution in [0.15, 0.2) is 0 Å². The molecular formula is C9H16O4S. The first-order valence-electron chi connectivity index (χ1n) is 4.44. The molecule has 0 aromatic rings. The highest BCUT2D eigenvalue weighted by Crippen LogP contribution is 2.08. The summed E-state index contributed by atoms with van der Waals surface area (Å²) in [6.45, 7) is 3.91. The smallest absolute Gasteiger partial charge is 0.335 e. The molecule has 0 aliphatic rings. The lowest BCUT2D eigenvalue weighted by Gasteiger charge is -2.13. The summed E-state index contributed by atoms with van der Waals surface area (Å²) in [4.78, 5) is 21.8. The molecule has 0 aliphatic heterocycles. The molecule has 0 saturated carbocycles. The van der Waals surface area contributed by atoms with Crippen molar-refractivity contribution in [1.82, 2.24) is 0 Å². The van der Waals surface area contributed by atoms with Gasteiger partial charge < -0.3 is 9.47 Å². The molecule has 82 valence electrons. The van der Waals surface area contributed by atoms with Crippen molar-refractivity contribution in [3.8, 4) is 0 Å². The minimum atomic E-state index is -0.631. The third kappa shape index (κ3) is 5.99. The minimum Gasteiger partial charge on any atom is -0.467 e. The number of hydrogen-bond donors (Lipinski definition) is 0. The van der Waals surface area contributed by atoms with Crippen LogP contribution in [0.1, 0.15) is 20.3 Å². The normalized spacial score (nSPS) is 12.2. The van der Waals surface area contributed by atoms with Crippen LogP contribution in [-0.2, 0) is 19.1 Å². The lowest BCUT2D eigenvalue weighted by molar-refractivity contribution is -0.152. The molecule has 0 heterocycles. The standard InChI is InChI=1S/C9H16O4S/c1-4-5-13-8(9(11)12-3)6-14-7(2)10/h8H,4-6H2,1-3H3/t8-/m0/s1. The Balaban J connectivity index is 3.96. The molecule has 0 unspecified atom stereocenters. The second kappa shape index (κ2) is 7.82. The zero-order valence-corrected chi connectivity index (χ0v) is 9.56. The Morgan fingerprint density at radius 2 is 2.07 bits per heavy atom. The summed E-state index contributed by atoms with van der Waals surface area (Å²) in [5, 5.41) is -0.0287. The molecule has 0 spiro atoms. The minimum absolute atomic E-state index is 0.0287. The van der Waals surface area contributed by atoms with Gasteiger partial charge in [-0.1, -0.05) is 18.7 Å². The van der Waals surface area contributed by atoms with E-state index in [0.717, 1.165) is 18.2 Å². The van der Waals surface area contributed by atoms with E-state index >= 15 is 0 Å². The van der Waals surface area contributed by atoms with Gasteiger partial charge in [0.1, 0.15) is 0 Å². The summed E-state index contributed by atoms with van der Waals surface area (Å²) >= 11 is 1.07. The number of thioether (sulfide) groups is 1. The van der Waals surface area contributed by atoms with Crippen LogP contribution in [0.2, 0.25) is 0 Å². The zero-order valence-electron chi connectivity index (χ0n) is 8.74. The van der Waals surface area contributed by atoms with Crippen LogP contribution in [0.4, 0.5) is 0 Å². The molecule has 0 saturated heterocycles. The Bertz CT molecular complexity index is 193. The summed E-state index contributed by atoms with van der Waals surface area (Å²) in [7, 11) is 1.31. The van der Waals surface area contributed by atoms with Gasteiger partial charge in [0.05, 0.1) is 7.11 Å². The van der Waals surface area contributed by atoms with E-state index in [1.165, 1.54) is 14.0 Å². The van der Waals surface area contributed by atoms with Crippen molar-refractivity contribution in [1.29, 1.82) is 0 Å². The Labute approximate surface area is 88.3 Å². The SMILES string of the molecule is CCCO[C@@H](CSC(C)=O)C(=O)OC. The fourth-order valence-corrected chi connectivity index (χ4v) is 1.39. The molecule has 0 rings (SSSR count). The van der Waals surface area contributed by atoms with Crippen LogP contribution in [-0.4, -0.2) is 36.7 Å². The molecule has 14 heavy (non-hydrogen) atoms. The lowest BCUT2D eigenvalue weighted by atomic mass is 10.4. The fraction of sp³-hybridized carbons (Fsp3) is 0.778. The average molecular weight is 220 g/mol. The van der Waals surface area contributed by atoms with E-state index in [1.54, 1.807) is 0 Å². The van der Waals surface area contributed by atoms with Crippen LogP contribution in [0.5, 0.6) is 0 Å². The van der Waals surface area contributed by atoms with Crippen molar-refractivity contribution in [3.63, 3.8) is 0 Å². The summed E-state index contributed by atoms with van der Waals surface area (Å²) in [5.74, 6) is -0.102. The summed E-state index contributed by atoms with van der Waals surface area (Å²) in [6.07, 6.45) is 0.201. The average Bonchev–Trinajstić information content (AvgIpc) is 2.16. The molecule has 0 amide bonds. The molecule has 4 nitrogen and oxygen atoms in total. The van der Waals surface area contributed by atoms with Crippen LogP contribution >= 0.6 is 11.8 Å². The molecule has 0 N–H and O–H groups in total. The maximum absolute atomic E-state index is 11.2. The fourth-order valence-electron chi connectivity index (χ4n) is 0.769. The van der Waals surface area contributed by atoms with Crippen LogP contribution in [0.3, 0.4) is 0 Å². The lowest BCUT2D eigenvalue weighted by Crippen LogP contribution is -2.28. The van der Waals surface area contributed by atoms with Gasteiger partial charge in [-0.15, -0.1) is 0 Å². The van der Waals surface area contributed by atoms with Gasteiger partial charge in [-0.25, -0.2) is 4.79 Å². The highest BCUT2D eigenvalue weighted by molar-refractivity contribution is 8.13. The Morgan fingerprint density at radius 1 is 1.43 bits per heavy atom. The van der Waals surface area contributed by atoms with Gasteiger partial charge in [-0.3, -0.25) is 4.79 Å². The third-order valence-electron chi connectivity index (χ3n) is 1.43. The maximum Gasteiger partial charge on any atom is 0.335 e. The zero-order chi connectivity index (χ0) is 11.0. The number of carbonyl (C=O) groups is 2. The summed E-state index contributed by atoms with van der Waals surface area (Å²) in [5.41, 5.74) is 0. The number of esters is 1. The van der Waals surface area contributed by atoms with E-state index in [0.29, 0.717) is 12.4 Å². The topological polar surface area (TPSA) is 52.6 Å². The number of rotatable bonds is 6. The number of ether oxygens (including phenoxy) is 2. The molecule has 0 aromatic carbocycles. The molecule has 0 radical (unpaired) electrons. The van der Waals surface area contributed by atoms with Gasteiger partial charge in [0.15, 0.2) is 11.2 Å². The molecule has 0 aliphatic carbocycles. The van der Waals surface area contributed by atoms with Crippen molar-refractivity contribution in [2.75, 3.05) is 19.5 Å². The molecule has 0 fully saturated rings. The second-order valence-corrected chi connectivity index (χ2v) is 3.88. The van der Waals surface area contributed by atoms with Gasteiger partial charge in [0, 0.05) is 19.3 Å². The Hall–Kier alpha value is -0.550. The molecule has 5 heteroatoms. The Morgan fingerprint density at radius 3 is 2.50 bits per heavy atom. The van der Waals surface area contributed by atoms with E-state index in [1.807, 2.05) is 6.92 Å². The van der Waals surface area contributed by atoms with Crippen LogP contribution in [0.25, 0.3) is 0 Å². The van der Waals surface area contributed by atoms with Gasteiger partial charge in [-0.05, 0) is 6.42 Å². The largest absolute Gasteiger partial charge is 0.467 e. The van der Waals surface area contributed by atoms with Crippen molar-refractivity contribution in [3.05, 3.63) is 0 Å². The van der Waals surface area contributed by atoms with E-state index in [9.17, 15) is 9.59 Å². The van der Waals surface area contributed by atoms with Gasteiger partial charge in [0.25, 0.3) is 0 Å². The van der Waals surface area contributed by atoms with E-state index in [-0.39, 0.29) is 5.12 Å². The first-order valence-corrected chi connectivity index (χ1v) is 5.43. The van der Waals surface area contributed by atoms with Crippen molar-refractivity contribution < 1.29 is 19.1 Å². The number of hydrogen-bond acceptors (Lipinski definition) is 5. The first-order chi connectivity index (χ1) is 6.61. The second-order valence-electron chi connectivity index (χ2n) is 2.69. The molecular weight excluding hydrogens is 204 g/mol. The summed E-state index contributed by atoms with van der Waals surface area (Å²) in [6, 6.07) is 0.